The van der Waals surface area contributed by atoms with Crippen molar-refractivity contribution in [2.75, 3.05) is 5.75 Å². The fraction of sp³-hybridized carbons (Fsp3) is 0.385. The minimum absolute atomic E-state index is 0.0461. The van der Waals surface area contributed by atoms with Crippen LogP contribution in [0.15, 0.2) is 23.6 Å². The molecule has 0 amide bonds. The zero-order valence-corrected chi connectivity index (χ0v) is 12.4. The summed E-state index contributed by atoms with van der Waals surface area (Å²) >= 11 is 1.16. The first kappa shape index (κ1) is 14.5. The van der Waals surface area contributed by atoms with Crippen LogP contribution in [0.25, 0.3) is 5.69 Å². The minimum Gasteiger partial charge on any atom is -0.481 e. The molecule has 0 aliphatic rings. The largest absolute Gasteiger partial charge is 0.481 e. The summed E-state index contributed by atoms with van der Waals surface area (Å²) in [4.78, 5) is 14.9. The molecular formula is C13H16N4O2S. The van der Waals surface area contributed by atoms with E-state index >= 15 is 0 Å². The van der Waals surface area contributed by atoms with E-state index in [1.165, 1.54) is 0 Å². The quantitative estimate of drug-likeness (QED) is 0.851. The molecule has 0 atom stereocenters. The van der Waals surface area contributed by atoms with Gasteiger partial charge in [0.25, 0.3) is 0 Å². The predicted octanol–water partition coefficient (Wildman–Crippen LogP) is 2.27. The molecule has 0 aliphatic carbocycles. The SMILES string of the molecule is Cc1ccncc1-n1c(SCC(=O)O)nnc1C(C)C. The van der Waals surface area contributed by atoms with Gasteiger partial charge in [-0.25, -0.2) is 0 Å². The Balaban J connectivity index is 2.50. The van der Waals surface area contributed by atoms with Crippen molar-refractivity contribution in [1.82, 2.24) is 19.7 Å². The second-order valence-electron chi connectivity index (χ2n) is 4.68. The van der Waals surface area contributed by atoms with Crippen molar-refractivity contribution in [1.29, 1.82) is 0 Å². The summed E-state index contributed by atoms with van der Waals surface area (Å²) in [5.41, 5.74) is 1.92. The number of hydrogen-bond acceptors (Lipinski definition) is 5. The minimum atomic E-state index is -0.876. The fourth-order valence-electron chi connectivity index (χ4n) is 1.79. The van der Waals surface area contributed by atoms with E-state index in [1.54, 1.807) is 12.4 Å². The highest BCUT2D eigenvalue weighted by Crippen LogP contribution is 2.26. The van der Waals surface area contributed by atoms with Crippen LogP contribution in [0.4, 0.5) is 0 Å². The first-order chi connectivity index (χ1) is 9.50. The van der Waals surface area contributed by atoms with Crippen LogP contribution in [0.2, 0.25) is 0 Å². The molecule has 2 heterocycles. The molecule has 20 heavy (non-hydrogen) atoms. The molecule has 0 saturated carbocycles. The van der Waals surface area contributed by atoms with E-state index in [4.69, 9.17) is 5.11 Å². The first-order valence-corrected chi connectivity index (χ1v) is 7.20. The number of aryl methyl sites for hydroxylation is 1. The third-order valence-corrected chi connectivity index (χ3v) is 3.67. The lowest BCUT2D eigenvalue weighted by molar-refractivity contribution is -0.133. The average molecular weight is 292 g/mol. The summed E-state index contributed by atoms with van der Waals surface area (Å²) in [7, 11) is 0. The van der Waals surface area contributed by atoms with Crippen molar-refractivity contribution in [2.24, 2.45) is 0 Å². The number of hydrogen-bond donors (Lipinski definition) is 1. The average Bonchev–Trinajstić information content (AvgIpc) is 2.80. The number of thioether (sulfide) groups is 1. The van der Waals surface area contributed by atoms with E-state index in [0.717, 1.165) is 28.8 Å². The van der Waals surface area contributed by atoms with Gasteiger partial charge in [-0.1, -0.05) is 25.6 Å². The molecule has 106 valence electrons. The van der Waals surface area contributed by atoms with Crippen molar-refractivity contribution in [3.05, 3.63) is 29.8 Å². The van der Waals surface area contributed by atoms with Gasteiger partial charge in [0.1, 0.15) is 5.82 Å². The Hall–Kier alpha value is -1.89. The molecule has 0 spiro atoms. The Bertz CT molecular complexity index is 625. The molecule has 0 aliphatic heterocycles. The molecular weight excluding hydrogens is 276 g/mol. The molecule has 1 N–H and O–H groups in total. The van der Waals surface area contributed by atoms with Gasteiger partial charge in [0.15, 0.2) is 5.16 Å². The molecule has 0 unspecified atom stereocenters. The number of aliphatic carboxylic acids is 1. The summed E-state index contributed by atoms with van der Waals surface area (Å²) in [6.45, 7) is 6.03. The number of pyridine rings is 1. The summed E-state index contributed by atoms with van der Waals surface area (Å²) in [5, 5.41) is 17.7. The van der Waals surface area contributed by atoms with E-state index < -0.39 is 5.97 Å². The van der Waals surface area contributed by atoms with Crippen LogP contribution in [-0.2, 0) is 4.79 Å². The van der Waals surface area contributed by atoms with Gasteiger partial charge in [-0.3, -0.25) is 14.3 Å². The molecule has 0 radical (unpaired) electrons. The summed E-state index contributed by atoms with van der Waals surface area (Å²) in [5.74, 6) is 0.0593. The van der Waals surface area contributed by atoms with Gasteiger partial charge in [-0.2, -0.15) is 0 Å². The zero-order chi connectivity index (χ0) is 14.7. The molecule has 2 aromatic heterocycles. The number of aromatic nitrogens is 4. The maximum absolute atomic E-state index is 10.7. The first-order valence-electron chi connectivity index (χ1n) is 6.21. The van der Waals surface area contributed by atoms with Crippen molar-refractivity contribution in [3.8, 4) is 5.69 Å². The molecule has 2 rings (SSSR count). The Morgan fingerprint density at radius 1 is 1.45 bits per heavy atom. The van der Waals surface area contributed by atoms with E-state index in [0.29, 0.717) is 5.16 Å². The van der Waals surface area contributed by atoms with Crippen LogP contribution in [0, 0.1) is 6.92 Å². The molecule has 7 heteroatoms. The smallest absolute Gasteiger partial charge is 0.313 e. The Labute approximate surface area is 121 Å². The Morgan fingerprint density at radius 2 is 2.20 bits per heavy atom. The maximum Gasteiger partial charge on any atom is 0.313 e. The number of carboxylic acids is 1. The third kappa shape index (κ3) is 2.98. The van der Waals surface area contributed by atoms with Crippen molar-refractivity contribution < 1.29 is 9.90 Å². The van der Waals surface area contributed by atoms with Gasteiger partial charge in [0.2, 0.25) is 0 Å². The number of carbonyl (C=O) groups is 1. The Kier molecular flexibility index (Phi) is 4.39. The lowest BCUT2D eigenvalue weighted by Gasteiger charge is -2.13. The third-order valence-electron chi connectivity index (χ3n) is 2.75. The topological polar surface area (TPSA) is 80.9 Å². The van der Waals surface area contributed by atoms with Crippen molar-refractivity contribution in [3.63, 3.8) is 0 Å². The standard InChI is InChI=1S/C13H16N4O2S/c1-8(2)12-15-16-13(20-7-11(18)19)17(12)10-6-14-5-4-9(10)3/h4-6,8H,7H2,1-3H3,(H,18,19). The van der Waals surface area contributed by atoms with Crippen LogP contribution in [0.1, 0.15) is 31.2 Å². The maximum atomic E-state index is 10.7. The van der Waals surface area contributed by atoms with E-state index in [1.807, 2.05) is 31.4 Å². The summed E-state index contributed by atoms with van der Waals surface area (Å²) in [6.07, 6.45) is 3.47. The van der Waals surface area contributed by atoms with E-state index in [-0.39, 0.29) is 11.7 Å². The molecule has 0 saturated heterocycles. The molecule has 6 nitrogen and oxygen atoms in total. The highest BCUT2D eigenvalue weighted by molar-refractivity contribution is 7.99. The number of rotatable bonds is 5. The van der Waals surface area contributed by atoms with E-state index in [2.05, 4.69) is 15.2 Å². The van der Waals surface area contributed by atoms with Crippen LogP contribution in [0.5, 0.6) is 0 Å². The number of carboxylic acid groups (broad SMARTS) is 1. The molecule has 2 aromatic rings. The summed E-state index contributed by atoms with van der Waals surface area (Å²) in [6, 6.07) is 1.91. The van der Waals surface area contributed by atoms with Gasteiger partial charge in [-0.05, 0) is 18.6 Å². The van der Waals surface area contributed by atoms with Gasteiger partial charge in [-0.15, -0.1) is 10.2 Å². The van der Waals surface area contributed by atoms with E-state index in [9.17, 15) is 4.79 Å². The monoisotopic (exact) mass is 292 g/mol. The molecule has 0 bridgehead atoms. The Morgan fingerprint density at radius 3 is 2.80 bits per heavy atom. The highest BCUT2D eigenvalue weighted by atomic mass is 32.2. The predicted molar refractivity (Wildman–Crippen MR) is 76.3 cm³/mol. The van der Waals surface area contributed by atoms with Gasteiger partial charge >= 0.3 is 5.97 Å². The van der Waals surface area contributed by atoms with Gasteiger partial charge in [0, 0.05) is 12.1 Å². The van der Waals surface area contributed by atoms with Crippen LogP contribution >= 0.6 is 11.8 Å². The normalized spacial score (nSPS) is 11.0. The lowest BCUT2D eigenvalue weighted by Crippen LogP contribution is -2.07. The van der Waals surface area contributed by atoms with Gasteiger partial charge in [0.05, 0.1) is 17.6 Å². The fourth-order valence-corrected chi connectivity index (χ4v) is 2.46. The second-order valence-corrected chi connectivity index (χ2v) is 5.62. The van der Waals surface area contributed by atoms with Crippen LogP contribution < -0.4 is 0 Å². The number of nitrogens with zero attached hydrogens (tertiary/aromatic N) is 4. The zero-order valence-electron chi connectivity index (χ0n) is 11.6. The highest BCUT2D eigenvalue weighted by Gasteiger charge is 2.18. The molecule has 0 fully saturated rings. The van der Waals surface area contributed by atoms with Crippen molar-refractivity contribution in [2.45, 2.75) is 31.8 Å². The van der Waals surface area contributed by atoms with Crippen LogP contribution in [-0.4, -0.2) is 36.6 Å². The molecule has 0 aromatic carbocycles. The van der Waals surface area contributed by atoms with Crippen LogP contribution in [0.3, 0.4) is 0 Å². The summed E-state index contributed by atoms with van der Waals surface area (Å²) < 4.78 is 1.89. The van der Waals surface area contributed by atoms with Crippen molar-refractivity contribution >= 4 is 17.7 Å². The van der Waals surface area contributed by atoms with Gasteiger partial charge < -0.3 is 5.11 Å². The second kappa shape index (κ2) is 6.04. The lowest BCUT2D eigenvalue weighted by atomic mass is 10.2.